The van der Waals surface area contributed by atoms with Crippen molar-refractivity contribution < 1.29 is 9.90 Å². The van der Waals surface area contributed by atoms with Crippen molar-refractivity contribution in [3.63, 3.8) is 0 Å². The minimum atomic E-state index is -0.569. The normalized spacial score (nSPS) is 19.5. The average Bonchev–Trinajstić information content (AvgIpc) is 1.99. The molecule has 0 aromatic heterocycles. The molecule has 0 radical (unpaired) electrons. The van der Waals surface area contributed by atoms with Crippen molar-refractivity contribution in [1.29, 1.82) is 0 Å². The number of rotatable bonds is 6. The largest absolute Gasteiger partial charge is 0.481 e. The van der Waals surface area contributed by atoms with Crippen LogP contribution in [0.25, 0.3) is 0 Å². The highest BCUT2D eigenvalue weighted by molar-refractivity contribution is 5.70. The molecule has 1 N–H and O–H groups in total. The molecular weight excluding hydrogens is 164 g/mol. The van der Waals surface area contributed by atoms with E-state index < -0.39 is 5.97 Å². The predicted molar refractivity (Wildman–Crippen MR) is 52.6 cm³/mol. The molecule has 1 aliphatic rings. The Morgan fingerprint density at radius 1 is 1.46 bits per heavy atom. The molecule has 13 heavy (non-hydrogen) atoms. The number of hydrogen-bond donors (Lipinski definition) is 1. The molecular formula is C11H20O2. The first-order chi connectivity index (χ1) is 6.25. The van der Waals surface area contributed by atoms with Crippen LogP contribution in [0.1, 0.15) is 51.9 Å². The van der Waals surface area contributed by atoms with Crippen LogP contribution in [0.4, 0.5) is 0 Å². The molecule has 0 aliphatic heterocycles. The Kier molecular flexibility index (Phi) is 4.26. The Morgan fingerprint density at radius 3 is 2.54 bits per heavy atom. The zero-order chi connectivity index (χ0) is 9.68. The molecule has 0 amide bonds. The Labute approximate surface area is 80.3 Å². The highest BCUT2D eigenvalue weighted by atomic mass is 16.4. The summed E-state index contributed by atoms with van der Waals surface area (Å²) in [7, 11) is 0. The second-order valence-corrected chi connectivity index (χ2v) is 4.13. The number of carboxylic acids is 1. The van der Waals surface area contributed by atoms with Gasteiger partial charge >= 0.3 is 5.97 Å². The van der Waals surface area contributed by atoms with Gasteiger partial charge in [-0.05, 0) is 25.2 Å². The van der Waals surface area contributed by atoms with Crippen molar-refractivity contribution in [2.24, 2.45) is 11.8 Å². The van der Waals surface area contributed by atoms with Gasteiger partial charge in [0.15, 0.2) is 0 Å². The van der Waals surface area contributed by atoms with Gasteiger partial charge in [-0.15, -0.1) is 0 Å². The van der Waals surface area contributed by atoms with Crippen molar-refractivity contribution in [3.05, 3.63) is 0 Å². The van der Waals surface area contributed by atoms with Gasteiger partial charge < -0.3 is 5.11 Å². The van der Waals surface area contributed by atoms with Crippen molar-refractivity contribution in [3.8, 4) is 0 Å². The van der Waals surface area contributed by atoms with Gasteiger partial charge in [-0.1, -0.05) is 32.6 Å². The molecule has 1 unspecified atom stereocenters. The molecule has 1 aliphatic carbocycles. The maximum Gasteiger partial charge on any atom is 0.306 e. The van der Waals surface area contributed by atoms with Gasteiger partial charge in [0.05, 0.1) is 5.92 Å². The summed E-state index contributed by atoms with van der Waals surface area (Å²) in [6, 6.07) is 0. The number of carbonyl (C=O) groups is 1. The quantitative estimate of drug-likeness (QED) is 0.644. The van der Waals surface area contributed by atoms with Crippen LogP contribution in [-0.2, 0) is 4.79 Å². The maximum atomic E-state index is 10.9. The second-order valence-electron chi connectivity index (χ2n) is 4.13. The molecule has 0 heterocycles. The summed E-state index contributed by atoms with van der Waals surface area (Å²) in [5.41, 5.74) is 0. The number of unbranched alkanes of at least 4 members (excludes halogenated alkanes) is 2. The Balaban J connectivity index is 2.25. The minimum absolute atomic E-state index is 0.0414. The zero-order valence-electron chi connectivity index (χ0n) is 8.46. The summed E-state index contributed by atoms with van der Waals surface area (Å²) in [6.45, 7) is 2.15. The lowest BCUT2D eigenvalue weighted by atomic mass is 9.74. The molecule has 0 aromatic rings. The van der Waals surface area contributed by atoms with Crippen LogP contribution in [0.5, 0.6) is 0 Å². The third-order valence-electron chi connectivity index (χ3n) is 3.15. The van der Waals surface area contributed by atoms with Crippen LogP contribution in [0, 0.1) is 11.8 Å². The Bertz CT molecular complexity index is 161. The van der Waals surface area contributed by atoms with E-state index in [2.05, 4.69) is 6.92 Å². The van der Waals surface area contributed by atoms with E-state index in [4.69, 9.17) is 5.11 Å². The molecule has 0 bridgehead atoms. The highest BCUT2D eigenvalue weighted by Gasteiger charge is 2.31. The van der Waals surface area contributed by atoms with Crippen molar-refractivity contribution >= 4 is 5.97 Å². The van der Waals surface area contributed by atoms with E-state index in [1.54, 1.807) is 0 Å². The second kappa shape index (κ2) is 5.25. The van der Waals surface area contributed by atoms with E-state index in [1.165, 1.54) is 19.3 Å². The molecule has 1 rings (SSSR count). The maximum absolute atomic E-state index is 10.9. The molecule has 76 valence electrons. The number of aliphatic carboxylic acids is 1. The monoisotopic (exact) mass is 184 g/mol. The zero-order valence-corrected chi connectivity index (χ0v) is 8.46. The minimum Gasteiger partial charge on any atom is -0.481 e. The van der Waals surface area contributed by atoms with E-state index in [9.17, 15) is 4.79 Å². The summed E-state index contributed by atoms with van der Waals surface area (Å²) in [5, 5.41) is 9.01. The first-order valence-electron chi connectivity index (χ1n) is 5.48. The van der Waals surface area contributed by atoms with Gasteiger partial charge in [0.25, 0.3) is 0 Å². The van der Waals surface area contributed by atoms with Crippen LogP contribution in [0.2, 0.25) is 0 Å². The third kappa shape index (κ3) is 3.02. The summed E-state index contributed by atoms with van der Waals surface area (Å²) in [4.78, 5) is 10.9. The topological polar surface area (TPSA) is 37.3 Å². The van der Waals surface area contributed by atoms with Gasteiger partial charge in [0, 0.05) is 0 Å². The number of hydrogen-bond acceptors (Lipinski definition) is 1. The van der Waals surface area contributed by atoms with Crippen LogP contribution >= 0.6 is 0 Å². The van der Waals surface area contributed by atoms with E-state index >= 15 is 0 Å². The summed E-state index contributed by atoms with van der Waals surface area (Å²) >= 11 is 0. The van der Waals surface area contributed by atoms with Crippen molar-refractivity contribution in [1.82, 2.24) is 0 Å². The van der Waals surface area contributed by atoms with Crippen LogP contribution in [0.3, 0.4) is 0 Å². The first-order valence-corrected chi connectivity index (χ1v) is 5.48. The predicted octanol–water partition coefficient (Wildman–Crippen LogP) is 3.07. The lowest BCUT2D eigenvalue weighted by Crippen LogP contribution is -2.28. The molecule has 0 saturated heterocycles. The van der Waals surface area contributed by atoms with Crippen molar-refractivity contribution in [2.75, 3.05) is 0 Å². The van der Waals surface area contributed by atoms with E-state index in [1.807, 2.05) is 0 Å². The van der Waals surface area contributed by atoms with Crippen LogP contribution in [-0.4, -0.2) is 11.1 Å². The van der Waals surface area contributed by atoms with Gasteiger partial charge in [-0.3, -0.25) is 4.79 Å². The van der Waals surface area contributed by atoms with Gasteiger partial charge in [-0.2, -0.15) is 0 Å². The smallest absolute Gasteiger partial charge is 0.306 e. The lowest BCUT2D eigenvalue weighted by molar-refractivity contribution is -0.145. The van der Waals surface area contributed by atoms with E-state index in [0.29, 0.717) is 5.92 Å². The first kappa shape index (κ1) is 10.6. The lowest BCUT2D eigenvalue weighted by Gasteiger charge is -2.31. The van der Waals surface area contributed by atoms with Crippen LogP contribution in [0.15, 0.2) is 0 Å². The SMILES string of the molecule is CCCCCC(C(=O)O)C1CCC1. The van der Waals surface area contributed by atoms with Gasteiger partial charge in [0.1, 0.15) is 0 Å². The van der Waals surface area contributed by atoms with E-state index in [0.717, 1.165) is 25.7 Å². The molecule has 1 fully saturated rings. The summed E-state index contributed by atoms with van der Waals surface area (Å²) in [6.07, 6.45) is 7.86. The molecule has 1 atom stereocenters. The fourth-order valence-corrected chi connectivity index (χ4v) is 2.02. The Morgan fingerprint density at radius 2 is 2.15 bits per heavy atom. The van der Waals surface area contributed by atoms with Crippen LogP contribution < -0.4 is 0 Å². The fraction of sp³-hybridized carbons (Fsp3) is 0.909. The number of carboxylic acid groups (broad SMARTS) is 1. The fourth-order valence-electron chi connectivity index (χ4n) is 2.02. The molecule has 2 heteroatoms. The van der Waals surface area contributed by atoms with Gasteiger partial charge in [-0.25, -0.2) is 0 Å². The highest BCUT2D eigenvalue weighted by Crippen LogP contribution is 2.36. The third-order valence-corrected chi connectivity index (χ3v) is 3.15. The molecule has 0 spiro atoms. The van der Waals surface area contributed by atoms with Crippen molar-refractivity contribution in [2.45, 2.75) is 51.9 Å². The molecule has 1 saturated carbocycles. The summed E-state index contributed by atoms with van der Waals surface area (Å²) < 4.78 is 0. The average molecular weight is 184 g/mol. The standard InChI is InChI=1S/C11H20O2/c1-2-3-4-8-10(11(12)13)9-6-5-7-9/h9-10H,2-8H2,1H3,(H,12,13). The Hall–Kier alpha value is -0.530. The molecule has 0 aromatic carbocycles. The summed E-state index contributed by atoms with van der Waals surface area (Å²) in [5.74, 6) is -0.115. The molecule has 2 nitrogen and oxygen atoms in total. The van der Waals surface area contributed by atoms with E-state index in [-0.39, 0.29) is 5.92 Å². The van der Waals surface area contributed by atoms with Gasteiger partial charge in [0.2, 0.25) is 0 Å².